The maximum atomic E-state index is 12.5. The summed E-state index contributed by atoms with van der Waals surface area (Å²) < 4.78 is 5.03. The second-order valence-electron chi connectivity index (χ2n) is 9.74. The van der Waals surface area contributed by atoms with Gasteiger partial charge in [-0.3, -0.25) is 19.7 Å². The van der Waals surface area contributed by atoms with Gasteiger partial charge in [0.15, 0.2) is 6.10 Å². The summed E-state index contributed by atoms with van der Waals surface area (Å²) in [6, 6.07) is -0.450. The molecule has 4 bridgehead atoms. The number of carbonyl (C=O) groups excluding carboxylic acids is 4. The van der Waals surface area contributed by atoms with Gasteiger partial charge in [-0.1, -0.05) is 0 Å². The minimum atomic E-state index is -1.10. The Morgan fingerprint density at radius 1 is 1.00 bits per heavy atom. The molecule has 1 unspecified atom stereocenters. The molecular weight excluding hydrogens is 374 g/mol. The van der Waals surface area contributed by atoms with Gasteiger partial charge in [0.2, 0.25) is 5.91 Å². The van der Waals surface area contributed by atoms with Gasteiger partial charge >= 0.3 is 12.0 Å². The summed E-state index contributed by atoms with van der Waals surface area (Å²) in [5.41, 5.74) is 0.116. The molecule has 5 rings (SSSR count). The molecule has 0 heterocycles. The van der Waals surface area contributed by atoms with E-state index in [-0.39, 0.29) is 23.9 Å². The average molecular weight is 405 g/mol. The predicted octanol–water partition coefficient (Wildman–Crippen LogP) is 1.63. The number of urea groups is 1. The van der Waals surface area contributed by atoms with Crippen LogP contribution in [0, 0.1) is 23.2 Å². The van der Waals surface area contributed by atoms with Crippen LogP contribution >= 0.6 is 0 Å². The normalized spacial score (nSPS) is 32.9. The fourth-order valence-corrected chi connectivity index (χ4v) is 6.04. The minimum absolute atomic E-state index is 0.116. The van der Waals surface area contributed by atoms with Gasteiger partial charge in [0.25, 0.3) is 5.91 Å². The summed E-state index contributed by atoms with van der Waals surface area (Å²) in [5, 5.41) is 7.43. The summed E-state index contributed by atoms with van der Waals surface area (Å²) in [4.78, 5) is 47.9. The van der Waals surface area contributed by atoms with E-state index in [9.17, 15) is 19.2 Å². The fourth-order valence-electron chi connectivity index (χ4n) is 6.04. The number of esters is 1. The molecule has 0 spiro atoms. The Kier molecular flexibility index (Phi) is 5.53. The molecule has 0 aliphatic heterocycles. The molecule has 5 aliphatic rings. The molecule has 0 radical (unpaired) electrons. The van der Waals surface area contributed by atoms with E-state index >= 15 is 0 Å². The van der Waals surface area contributed by atoms with Crippen LogP contribution in [-0.4, -0.2) is 42.5 Å². The van der Waals surface area contributed by atoms with Gasteiger partial charge in [0.1, 0.15) is 6.54 Å². The number of ether oxygens (including phenoxy) is 1. The summed E-state index contributed by atoms with van der Waals surface area (Å²) in [7, 11) is 0. The van der Waals surface area contributed by atoms with Crippen LogP contribution in [0.25, 0.3) is 0 Å². The van der Waals surface area contributed by atoms with Crippen molar-refractivity contribution in [3.05, 3.63) is 0 Å². The zero-order valence-electron chi connectivity index (χ0n) is 17.0. The van der Waals surface area contributed by atoms with Gasteiger partial charge < -0.3 is 15.4 Å². The highest BCUT2D eigenvalue weighted by Crippen LogP contribution is 2.61. The van der Waals surface area contributed by atoms with Gasteiger partial charge in [-0.2, -0.15) is 0 Å². The van der Waals surface area contributed by atoms with E-state index in [4.69, 9.17) is 4.74 Å². The second kappa shape index (κ2) is 7.95. The first-order chi connectivity index (χ1) is 13.8. The van der Waals surface area contributed by atoms with E-state index in [2.05, 4.69) is 16.0 Å². The summed E-state index contributed by atoms with van der Waals surface area (Å²) in [6.45, 7) is 1.13. The van der Waals surface area contributed by atoms with Crippen molar-refractivity contribution < 1.29 is 23.9 Å². The SMILES string of the molecule is CC(OC(=O)CNC(=O)CC12CC3CC(CC(C3)C1)C2)C(=O)NC(=O)NC1CC1. The molecule has 0 aromatic heterocycles. The van der Waals surface area contributed by atoms with E-state index in [0.29, 0.717) is 6.42 Å². The Morgan fingerprint density at radius 3 is 2.14 bits per heavy atom. The monoisotopic (exact) mass is 405 g/mol. The van der Waals surface area contributed by atoms with Crippen LogP contribution in [0.1, 0.15) is 64.7 Å². The van der Waals surface area contributed by atoms with E-state index in [0.717, 1.165) is 49.9 Å². The quantitative estimate of drug-likeness (QED) is 0.557. The van der Waals surface area contributed by atoms with Crippen LogP contribution in [0.4, 0.5) is 4.79 Å². The van der Waals surface area contributed by atoms with Crippen molar-refractivity contribution in [2.45, 2.75) is 76.9 Å². The van der Waals surface area contributed by atoms with Gasteiger partial charge in [-0.15, -0.1) is 0 Å². The van der Waals surface area contributed by atoms with Gasteiger partial charge in [0, 0.05) is 12.5 Å². The Hall–Kier alpha value is -2.12. The summed E-state index contributed by atoms with van der Waals surface area (Å²) in [6.07, 6.45) is 8.58. The van der Waals surface area contributed by atoms with Crippen molar-refractivity contribution in [1.29, 1.82) is 0 Å². The van der Waals surface area contributed by atoms with Crippen LogP contribution in [0.2, 0.25) is 0 Å². The third kappa shape index (κ3) is 5.08. The molecule has 5 saturated carbocycles. The first-order valence-corrected chi connectivity index (χ1v) is 10.9. The first-order valence-electron chi connectivity index (χ1n) is 10.9. The first kappa shape index (κ1) is 20.2. The van der Waals surface area contributed by atoms with Crippen molar-refractivity contribution in [3.8, 4) is 0 Å². The molecule has 0 aromatic rings. The van der Waals surface area contributed by atoms with Crippen LogP contribution < -0.4 is 16.0 Å². The maximum absolute atomic E-state index is 12.5. The molecule has 160 valence electrons. The lowest BCUT2D eigenvalue weighted by atomic mass is 9.49. The van der Waals surface area contributed by atoms with E-state index in [1.54, 1.807) is 0 Å². The number of hydrogen-bond donors (Lipinski definition) is 3. The molecular formula is C21H31N3O5. The number of amides is 4. The molecule has 8 heteroatoms. The van der Waals surface area contributed by atoms with Crippen molar-refractivity contribution >= 4 is 23.8 Å². The topological polar surface area (TPSA) is 114 Å². The van der Waals surface area contributed by atoms with Crippen LogP contribution in [0.15, 0.2) is 0 Å². The van der Waals surface area contributed by atoms with Crippen LogP contribution in [-0.2, 0) is 19.1 Å². The standard InChI is InChI=1S/C21H31N3O5/c1-12(19(27)24-20(28)23-16-2-3-16)29-18(26)11-22-17(25)10-21-7-13-4-14(8-21)6-15(5-13)9-21/h12-16H,2-11H2,1H3,(H,22,25)(H2,23,24,27,28). The lowest BCUT2D eigenvalue weighted by molar-refractivity contribution is -0.154. The molecule has 5 aliphatic carbocycles. The number of nitrogens with one attached hydrogen (secondary N) is 3. The summed E-state index contributed by atoms with van der Waals surface area (Å²) >= 11 is 0. The fraction of sp³-hybridized carbons (Fsp3) is 0.810. The number of hydrogen-bond acceptors (Lipinski definition) is 5. The lowest BCUT2D eigenvalue weighted by Crippen LogP contribution is -2.48. The Bertz CT molecular complexity index is 667. The highest BCUT2D eigenvalue weighted by Gasteiger charge is 2.51. The van der Waals surface area contributed by atoms with Gasteiger partial charge in [-0.05, 0) is 81.5 Å². The molecule has 5 fully saturated rings. The average Bonchev–Trinajstić information content (AvgIpc) is 3.42. The number of imide groups is 1. The largest absolute Gasteiger partial charge is 0.451 e. The highest BCUT2D eigenvalue weighted by atomic mass is 16.5. The minimum Gasteiger partial charge on any atom is -0.451 e. The zero-order chi connectivity index (χ0) is 20.6. The molecule has 8 nitrogen and oxygen atoms in total. The predicted molar refractivity (Wildman–Crippen MR) is 103 cm³/mol. The highest BCUT2D eigenvalue weighted by molar-refractivity contribution is 5.97. The van der Waals surface area contributed by atoms with E-state index < -0.39 is 24.0 Å². The van der Waals surface area contributed by atoms with Gasteiger partial charge in [-0.25, -0.2) is 4.79 Å². The molecule has 0 aromatic carbocycles. The molecule has 0 saturated heterocycles. The lowest BCUT2D eigenvalue weighted by Gasteiger charge is -2.56. The van der Waals surface area contributed by atoms with E-state index in [1.165, 1.54) is 26.2 Å². The smallest absolute Gasteiger partial charge is 0.326 e. The van der Waals surface area contributed by atoms with Crippen molar-refractivity contribution in [2.24, 2.45) is 23.2 Å². The molecule has 29 heavy (non-hydrogen) atoms. The van der Waals surface area contributed by atoms with Gasteiger partial charge in [0.05, 0.1) is 0 Å². The third-order valence-electron chi connectivity index (χ3n) is 6.96. The van der Waals surface area contributed by atoms with Crippen LogP contribution in [0.5, 0.6) is 0 Å². The summed E-state index contributed by atoms with van der Waals surface area (Å²) in [5.74, 6) is 0.830. The Labute approximate surface area is 170 Å². The van der Waals surface area contributed by atoms with E-state index in [1.807, 2.05) is 0 Å². The van der Waals surface area contributed by atoms with Crippen molar-refractivity contribution in [3.63, 3.8) is 0 Å². The van der Waals surface area contributed by atoms with Crippen LogP contribution in [0.3, 0.4) is 0 Å². The third-order valence-corrected chi connectivity index (χ3v) is 6.96. The van der Waals surface area contributed by atoms with Crippen molar-refractivity contribution in [2.75, 3.05) is 6.54 Å². The Balaban J connectivity index is 1.17. The molecule has 3 N–H and O–H groups in total. The zero-order valence-corrected chi connectivity index (χ0v) is 17.0. The van der Waals surface area contributed by atoms with Crippen molar-refractivity contribution in [1.82, 2.24) is 16.0 Å². The number of rotatable bonds is 7. The number of carbonyl (C=O) groups is 4. The molecule has 4 amide bonds. The Morgan fingerprint density at radius 2 is 1.59 bits per heavy atom. The second-order valence-corrected chi connectivity index (χ2v) is 9.74. The maximum Gasteiger partial charge on any atom is 0.326 e. The molecule has 1 atom stereocenters.